The third-order valence-electron chi connectivity index (χ3n) is 5.80. The van der Waals surface area contributed by atoms with Crippen molar-refractivity contribution in [1.82, 2.24) is 4.90 Å². The van der Waals surface area contributed by atoms with E-state index >= 15 is 0 Å². The number of anilines is 1. The molecule has 7 nitrogen and oxygen atoms in total. The van der Waals surface area contributed by atoms with Crippen molar-refractivity contribution in [2.24, 2.45) is 0 Å². The molecule has 2 aromatic carbocycles. The van der Waals surface area contributed by atoms with E-state index in [4.69, 9.17) is 4.74 Å². The first-order chi connectivity index (χ1) is 16.2. The third kappa shape index (κ3) is 5.75. The van der Waals surface area contributed by atoms with E-state index in [9.17, 15) is 32.7 Å². The van der Waals surface area contributed by atoms with Crippen molar-refractivity contribution in [3.8, 4) is 5.75 Å². The first-order valence-electron chi connectivity index (χ1n) is 11.0. The zero-order chi connectivity index (χ0) is 26.1. The van der Waals surface area contributed by atoms with Gasteiger partial charge in [-0.15, -0.1) is 0 Å². The number of carbonyl (C=O) groups is 3. The highest BCUT2D eigenvalue weighted by atomic mass is 19.4. The fourth-order valence-corrected chi connectivity index (χ4v) is 3.88. The van der Waals surface area contributed by atoms with Crippen LogP contribution in [-0.4, -0.2) is 46.6 Å². The first-order valence-corrected chi connectivity index (χ1v) is 11.0. The van der Waals surface area contributed by atoms with Crippen molar-refractivity contribution in [3.05, 3.63) is 58.7 Å². The van der Waals surface area contributed by atoms with Crippen molar-refractivity contribution < 1.29 is 37.4 Å². The molecule has 0 bridgehead atoms. The number of amides is 3. The average Bonchev–Trinajstić information content (AvgIpc) is 3.04. The van der Waals surface area contributed by atoms with E-state index in [1.54, 1.807) is 0 Å². The van der Waals surface area contributed by atoms with Crippen LogP contribution in [-0.2, 0) is 22.2 Å². The maximum atomic E-state index is 12.8. The number of benzene rings is 2. The number of halogens is 3. The number of alkyl halides is 3. The second-order valence-electron chi connectivity index (χ2n) is 9.04. The molecular formula is C25H27F3N2O5. The summed E-state index contributed by atoms with van der Waals surface area (Å²) >= 11 is 0. The van der Waals surface area contributed by atoms with Crippen molar-refractivity contribution >= 4 is 23.6 Å². The second-order valence-corrected chi connectivity index (χ2v) is 9.04. The van der Waals surface area contributed by atoms with Gasteiger partial charge in [-0.25, -0.2) is 9.59 Å². The maximum absolute atomic E-state index is 12.8. The molecule has 0 atom stereocenters. The summed E-state index contributed by atoms with van der Waals surface area (Å²) in [6.45, 7) is 6.52. The summed E-state index contributed by atoms with van der Waals surface area (Å²) in [6, 6.07) is 7.31. The monoisotopic (exact) mass is 492 g/mol. The van der Waals surface area contributed by atoms with E-state index in [1.807, 2.05) is 26.0 Å². The highest BCUT2D eigenvalue weighted by molar-refractivity contribution is 6.12. The Hall–Kier alpha value is -3.56. The van der Waals surface area contributed by atoms with Crippen LogP contribution in [0.25, 0.3) is 0 Å². The normalized spacial score (nSPS) is 14.6. The van der Waals surface area contributed by atoms with Gasteiger partial charge in [0, 0.05) is 12.2 Å². The van der Waals surface area contributed by atoms with Gasteiger partial charge in [0.05, 0.1) is 5.56 Å². The molecule has 0 radical (unpaired) electrons. The molecule has 2 aromatic rings. The molecule has 1 fully saturated rings. The van der Waals surface area contributed by atoms with Crippen LogP contribution in [0.1, 0.15) is 42.5 Å². The topological polar surface area (TPSA) is 87.2 Å². The van der Waals surface area contributed by atoms with E-state index in [-0.39, 0.29) is 18.8 Å². The smallest absolute Gasteiger partial charge is 0.416 e. The van der Waals surface area contributed by atoms with Gasteiger partial charge in [0.2, 0.25) is 0 Å². The van der Waals surface area contributed by atoms with E-state index in [0.29, 0.717) is 18.6 Å². The Morgan fingerprint density at radius 1 is 1.06 bits per heavy atom. The lowest BCUT2D eigenvalue weighted by atomic mass is 10.0. The molecule has 1 aliphatic rings. The first kappa shape index (κ1) is 26.1. The van der Waals surface area contributed by atoms with Crippen molar-refractivity contribution in [2.45, 2.75) is 52.3 Å². The SMILES string of the molecule is Cc1cc(CCCN2C(=O)CN(c3ccc(C(F)(F)F)cc3)C2=O)cc(C)c1OC(C)(C)C(=O)O. The lowest BCUT2D eigenvalue weighted by Crippen LogP contribution is -2.38. The zero-order valence-electron chi connectivity index (χ0n) is 19.9. The summed E-state index contributed by atoms with van der Waals surface area (Å²) in [5, 5.41) is 9.30. The molecule has 188 valence electrons. The number of carbonyl (C=O) groups excluding carboxylic acids is 2. The standard InChI is InChI=1S/C25H27F3N2O5/c1-15-12-17(13-16(2)21(15)35-24(3,4)22(32)33)6-5-11-29-20(31)14-30(23(29)34)19-9-7-18(8-10-19)25(26,27)28/h7-10,12-13H,5-6,11,14H2,1-4H3,(H,32,33). The number of carboxylic acids is 1. The van der Waals surface area contributed by atoms with Gasteiger partial charge >= 0.3 is 18.2 Å². The van der Waals surface area contributed by atoms with Crippen LogP contribution in [0.5, 0.6) is 5.75 Å². The molecule has 1 saturated heterocycles. The number of imide groups is 1. The third-order valence-corrected chi connectivity index (χ3v) is 5.80. The predicted molar refractivity (Wildman–Crippen MR) is 122 cm³/mol. The summed E-state index contributed by atoms with van der Waals surface area (Å²) in [4.78, 5) is 38.8. The fourth-order valence-electron chi connectivity index (χ4n) is 3.88. The fraction of sp³-hybridized carbons (Fsp3) is 0.400. The quantitative estimate of drug-likeness (QED) is 0.526. The van der Waals surface area contributed by atoms with Crippen LogP contribution in [0.15, 0.2) is 36.4 Å². The lowest BCUT2D eigenvalue weighted by Gasteiger charge is -2.24. The maximum Gasteiger partial charge on any atom is 0.416 e. The Morgan fingerprint density at radius 2 is 1.63 bits per heavy atom. The summed E-state index contributed by atoms with van der Waals surface area (Å²) in [6.07, 6.45) is -3.44. The molecule has 1 N–H and O–H groups in total. The van der Waals surface area contributed by atoms with Crippen LogP contribution < -0.4 is 9.64 Å². The summed E-state index contributed by atoms with van der Waals surface area (Å²) in [5.74, 6) is -0.995. The van der Waals surface area contributed by atoms with E-state index < -0.39 is 35.2 Å². The Bertz CT molecular complexity index is 1120. The number of urea groups is 1. The Labute approximate surface area is 201 Å². The number of rotatable bonds is 8. The molecule has 0 aliphatic carbocycles. The Morgan fingerprint density at radius 3 is 2.14 bits per heavy atom. The molecule has 1 heterocycles. The van der Waals surface area contributed by atoms with E-state index in [0.717, 1.165) is 38.6 Å². The second kappa shape index (κ2) is 9.59. The molecule has 0 aromatic heterocycles. The number of carboxylic acid groups (broad SMARTS) is 1. The number of ether oxygens (including phenoxy) is 1. The summed E-state index contributed by atoms with van der Waals surface area (Å²) in [5.41, 5.74) is 0.507. The predicted octanol–water partition coefficient (Wildman–Crippen LogP) is 4.97. The largest absolute Gasteiger partial charge is 0.478 e. The average molecular weight is 492 g/mol. The summed E-state index contributed by atoms with van der Waals surface area (Å²) in [7, 11) is 0. The number of nitrogens with zero attached hydrogens (tertiary/aromatic N) is 2. The molecule has 0 unspecified atom stereocenters. The van der Waals surface area contributed by atoms with Crippen LogP contribution in [0, 0.1) is 13.8 Å². The van der Waals surface area contributed by atoms with Gasteiger partial charge in [0.1, 0.15) is 12.3 Å². The Balaban J connectivity index is 1.63. The lowest BCUT2D eigenvalue weighted by molar-refractivity contribution is -0.152. The highest BCUT2D eigenvalue weighted by Crippen LogP contribution is 2.32. The number of aryl methyl sites for hydroxylation is 3. The molecule has 3 amide bonds. The van der Waals surface area contributed by atoms with Crippen LogP contribution in [0.4, 0.5) is 23.7 Å². The molecule has 3 rings (SSSR count). The molecule has 1 aliphatic heterocycles. The highest BCUT2D eigenvalue weighted by Gasteiger charge is 2.37. The van der Waals surface area contributed by atoms with Crippen molar-refractivity contribution in [2.75, 3.05) is 18.0 Å². The summed E-state index contributed by atoms with van der Waals surface area (Å²) < 4.78 is 44.0. The van der Waals surface area contributed by atoms with Crippen LogP contribution >= 0.6 is 0 Å². The van der Waals surface area contributed by atoms with Gasteiger partial charge in [-0.1, -0.05) is 12.1 Å². The minimum Gasteiger partial charge on any atom is -0.478 e. The van der Waals surface area contributed by atoms with Gasteiger partial charge in [0.25, 0.3) is 5.91 Å². The Kier molecular flexibility index (Phi) is 7.14. The van der Waals surface area contributed by atoms with Gasteiger partial charge in [0.15, 0.2) is 5.60 Å². The van der Waals surface area contributed by atoms with Crippen LogP contribution in [0.3, 0.4) is 0 Å². The molecule has 35 heavy (non-hydrogen) atoms. The minimum atomic E-state index is -4.48. The van der Waals surface area contributed by atoms with E-state index in [1.165, 1.54) is 26.0 Å². The van der Waals surface area contributed by atoms with Gasteiger partial charge in [-0.2, -0.15) is 13.2 Å². The van der Waals surface area contributed by atoms with Crippen molar-refractivity contribution in [1.29, 1.82) is 0 Å². The van der Waals surface area contributed by atoms with E-state index in [2.05, 4.69) is 0 Å². The number of hydrogen-bond donors (Lipinski definition) is 1. The molecule has 0 spiro atoms. The number of aliphatic carboxylic acids is 1. The molecular weight excluding hydrogens is 465 g/mol. The van der Waals surface area contributed by atoms with Crippen molar-refractivity contribution in [3.63, 3.8) is 0 Å². The molecule has 0 saturated carbocycles. The minimum absolute atomic E-state index is 0.164. The molecule has 10 heteroatoms. The number of hydrogen-bond acceptors (Lipinski definition) is 4. The zero-order valence-corrected chi connectivity index (χ0v) is 19.9. The van der Waals surface area contributed by atoms with Gasteiger partial charge < -0.3 is 9.84 Å². The van der Waals surface area contributed by atoms with Gasteiger partial charge in [-0.05, 0) is 81.5 Å². The van der Waals surface area contributed by atoms with Crippen LogP contribution in [0.2, 0.25) is 0 Å². The van der Waals surface area contributed by atoms with Gasteiger partial charge in [-0.3, -0.25) is 14.6 Å².